The number of hydrogen-bond acceptors (Lipinski definition) is 4. The van der Waals surface area contributed by atoms with Crippen LogP contribution in [-0.4, -0.2) is 56.5 Å². The minimum atomic E-state index is -0.300. The van der Waals surface area contributed by atoms with Crippen molar-refractivity contribution in [1.29, 1.82) is 0 Å². The minimum absolute atomic E-state index is 0.0593. The van der Waals surface area contributed by atoms with Crippen LogP contribution < -0.4 is 15.0 Å². The number of hydrogen-bond donors (Lipinski definition) is 1. The van der Waals surface area contributed by atoms with Crippen LogP contribution in [0.3, 0.4) is 0 Å². The van der Waals surface area contributed by atoms with Gasteiger partial charge >= 0.3 is 0 Å². The molecular formula is C20H28ClN3O3. The lowest BCUT2D eigenvalue weighted by atomic mass is 9.95. The number of nitrogens with one attached hydrogen (secondary N) is 1. The fraction of sp³-hybridized carbons (Fsp3) is 0.600. The fourth-order valence-corrected chi connectivity index (χ4v) is 4.11. The Bertz CT molecular complexity index is 689. The maximum atomic E-state index is 12.9. The first kappa shape index (κ1) is 20.0. The summed E-state index contributed by atoms with van der Waals surface area (Å²) in [6.07, 6.45) is 2.28. The molecule has 2 amide bonds. The van der Waals surface area contributed by atoms with E-state index in [0.717, 1.165) is 39.0 Å². The smallest absolute Gasteiger partial charge is 0.228 e. The summed E-state index contributed by atoms with van der Waals surface area (Å²) in [5.74, 6) is 0.952. The molecule has 0 saturated carbocycles. The molecule has 1 atom stereocenters. The van der Waals surface area contributed by atoms with Crippen molar-refractivity contribution in [2.45, 2.75) is 26.2 Å². The van der Waals surface area contributed by atoms with Gasteiger partial charge in [-0.05, 0) is 50.0 Å². The summed E-state index contributed by atoms with van der Waals surface area (Å²) in [7, 11) is 1.56. The predicted octanol–water partition coefficient (Wildman–Crippen LogP) is 2.55. The van der Waals surface area contributed by atoms with Gasteiger partial charge in [-0.1, -0.05) is 18.5 Å². The zero-order valence-electron chi connectivity index (χ0n) is 16.0. The van der Waals surface area contributed by atoms with Gasteiger partial charge in [-0.25, -0.2) is 0 Å². The van der Waals surface area contributed by atoms with Crippen molar-refractivity contribution in [3.63, 3.8) is 0 Å². The topological polar surface area (TPSA) is 61.9 Å². The van der Waals surface area contributed by atoms with Gasteiger partial charge in [-0.2, -0.15) is 0 Å². The quantitative estimate of drug-likeness (QED) is 0.806. The van der Waals surface area contributed by atoms with E-state index in [9.17, 15) is 9.59 Å². The number of methoxy groups -OCH3 is 1. The number of anilines is 1. The Hall–Kier alpha value is -1.79. The van der Waals surface area contributed by atoms with Crippen molar-refractivity contribution in [3.8, 4) is 5.75 Å². The van der Waals surface area contributed by atoms with Crippen LogP contribution in [0, 0.1) is 11.8 Å². The Morgan fingerprint density at radius 2 is 2.07 bits per heavy atom. The van der Waals surface area contributed by atoms with Gasteiger partial charge in [0.25, 0.3) is 0 Å². The number of ether oxygens (including phenoxy) is 1. The highest BCUT2D eigenvalue weighted by molar-refractivity contribution is 6.31. The lowest BCUT2D eigenvalue weighted by molar-refractivity contribution is -0.137. The number of amides is 2. The molecule has 2 aliphatic rings. The van der Waals surface area contributed by atoms with Gasteiger partial charge in [0.15, 0.2) is 0 Å². The van der Waals surface area contributed by atoms with Crippen molar-refractivity contribution in [3.05, 3.63) is 23.2 Å². The van der Waals surface area contributed by atoms with Crippen molar-refractivity contribution in [2.24, 2.45) is 11.8 Å². The summed E-state index contributed by atoms with van der Waals surface area (Å²) < 4.78 is 5.36. The molecule has 0 bridgehead atoms. The first-order valence-electron chi connectivity index (χ1n) is 9.66. The first-order valence-corrected chi connectivity index (χ1v) is 10.0. The molecule has 7 heteroatoms. The molecule has 1 N–H and O–H groups in total. The summed E-state index contributed by atoms with van der Waals surface area (Å²) in [5.41, 5.74) is 0.634. The molecule has 2 fully saturated rings. The maximum absolute atomic E-state index is 12.9. The van der Waals surface area contributed by atoms with E-state index in [0.29, 0.717) is 28.9 Å². The Morgan fingerprint density at radius 1 is 1.33 bits per heavy atom. The number of carbonyl (C=O) groups is 2. The summed E-state index contributed by atoms with van der Waals surface area (Å²) in [6, 6.07) is 5.19. The number of likely N-dealkylation sites (tertiary alicyclic amines) is 1. The van der Waals surface area contributed by atoms with Gasteiger partial charge in [0, 0.05) is 31.1 Å². The van der Waals surface area contributed by atoms with Gasteiger partial charge < -0.3 is 19.9 Å². The molecule has 0 aliphatic carbocycles. The van der Waals surface area contributed by atoms with Crippen LogP contribution in [0.15, 0.2) is 18.2 Å². The molecule has 1 aromatic carbocycles. The van der Waals surface area contributed by atoms with Gasteiger partial charge in [0.2, 0.25) is 11.8 Å². The van der Waals surface area contributed by atoms with Crippen LogP contribution in [0.1, 0.15) is 26.2 Å². The second-order valence-corrected chi connectivity index (χ2v) is 7.73. The molecule has 0 spiro atoms. The Kier molecular flexibility index (Phi) is 6.60. The zero-order chi connectivity index (χ0) is 19.4. The third kappa shape index (κ3) is 4.55. The number of benzene rings is 1. The third-order valence-electron chi connectivity index (χ3n) is 5.52. The predicted molar refractivity (Wildman–Crippen MR) is 106 cm³/mol. The highest BCUT2D eigenvalue weighted by Crippen LogP contribution is 2.35. The Morgan fingerprint density at radius 3 is 2.74 bits per heavy atom. The molecule has 0 radical (unpaired) electrons. The van der Waals surface area contributed by atoms with Crippen molar-refractivity contribution >= 4 is 29.1 Å². The molecule has 148 valence electrons. The second-order valence-electron chi connectivity index (χ2n) is 7.30. The number of halogens is 1. The average molecular weight is 394 g/mol. The standard InChI is InChI=1S/C20H28ClN3O3/c1-3-22-12-14-6-8-23(9-7-14)20(26)15-10-19(25)24(13-15)17-11-16(21)4-5-18(17)27-2/h4-5,11,14-15,22H,3,6-10,12-13H2,1-2H3. The highest BCUT2D eigenvalue weighted by Gasteiger charge is 2.39. The highest BCUT2D eigenvalue weighted by atomic mass is 35.5. The maximum Gasteiger partial charge on any atom is 0.228 e. The van der Waals surface area contributed by atoms with Crippen LogP contribution in [-0.2, 0) is 9.59 Å². The molecule has 1 aromatic rings. The van der Waals surface area contributed by atoms with Crippen molar-refractivity contribution in [2.75, 3.05) is 44.7 Å². The second kappa shape index (κ2) is 8.93. The number of piperidine rings is 1. The zero-order valence-corrected chi connectivity index (χ0v) is 16.8. The number of nitrogens with zero attached hydrogens (tertiary/aromatic N) is 2. The summed E-state index contributed by atoms with van der Waals surface area (Å²) in [5, 5.41) is 3.92. The first-order chi connectivity index (χ1) is 13.0. The van der Waals surface area contributed by atoms with E-state index in [1.165, 1.54) is 0 Å². The van der Waals surface area contributed by atoms with E-state index in [4.69, 9.17) is 16.3 Å². The summed E-state index contributed by atoms with van der Waals surface area (Å²) in [4.78, 5) is 29.1. The van der Waals surface area contributed by atoms with Crippen molar-refractivity contribution in [1.82, 2.24) is 10.2 Å². The van der Waals surface area contributed by atoms with E-state index in [2.05, 4.69) is 12.2 Å². The molecule has 3 rings (SSSR count). The lowest BCUT2D eigenvalue weighted by Gasteiger charge is -2.33. The molecule has 1 unspecified atom stereocenters. The molecule has 27 heavy (non-hydrogen) atoms. The molecular weight excluding hydrogens is 366 g/mol. The molecule has 2 saturated heterocycles. The van der Waals surface area contributed by atoms with E-state index in [1.54, 1.807) is 30.2 Å². The molecule has 2 aliphatic heterocycles. The van der Waals surface area contributed by atoms with Crippen LogP contribution >= 0.6 is 11.6 Å². The van der Waals surface area contributed by atoms with Gasteiger partial charge in [-0.15, -0.1) is 0 Å². The Labute approximate surface area is 165 Å². The van der Waals surface area contributed by atoms with Crippen LogP contribution in [0.5, 0.6) is 5.75 Å². The molecule has 2 heterocycles. The van der Waals surface area contributed by atoms with E-state index >= 15 is 0 Å². The number of carbonyl (C=O) groups excluding carboxylic acids is 2. The van der Waals surface area contributed by atoms with Gasteiger partial charge in [0.05, 0.1) is 18.7 Å². The lowest BCUT2D eigenvalue weighted by Crippen LogP contribution is -2.44. The fourth-order valence-electron chi connectivity index (χ4n) is 3.94. The van der Waals surface area contributed by atoms with Crippen LogP contribution in [0.2, 0.25) is 5.02 Å². The van der Waals surface area contributed by atoms with Crippen LogP contribution in [0.4, 0.5) is 5.69 Å². The average Bonchev–Trinajstić information content (AvgIpc) is 3.07. The molecule has 6 nitrogen and oxygen atoms in total. The van der Waals surface area contributed by atoms with E-state index < -0.39 is 0 Å². The van der Waals surface area contributed by atoms with Gasteiger partial charge in [-0.3, -0.25) is 9.59 Å². The van der Waals surface area contributed by atoms with Gasteiger partial charge in [0.1, 0.15) is 5.75 Å². The largest absolute Gasteiger partial charge is 0.495 e. The van der Waals surface area contributed by atoms with Crippen molar-refractivity contribution < 1.29 is 14.3 Å². The number of rotatable bonds is 6. The summed E-state index contributed by atoms with van der Waals surface area (Å²) >= 11 is 6.10. The minimum Gasteiger partial charge on any atom is -0.495 e. The molecule has 0 aromatic heterocycles. The Balaban J connectivity index is 1.62. The monoisotopic (exact) mass is 393 g/mol. The summed E-state index contributed by atoms with van der Waals surface area (Å²) in [6.45, 7) is 6.04. The van der Waals surface area contributed by atoms with Crippen LogP contribution in [0.25, 0.3) is 0 Å². The SMILES string of the molecule is CCNCC1CCN(C(=O)C2CC(=O)N(c3cc(Cl)ccc3OC)C2)CC1. The van der Waals surface area contributed by atoms with E-state index in [1.807, 2.05) is 4.90 Å². The normalized spacial score (nSPS) is 21.0. The third-order valence-corrected chi connectivity index (χ3v) is 5.75. The van der Waals surface area contributed by atoms with E-state index in [-0.39, 0.29) is 24.2 Å².